The minimum Gasteiger partial charge on any atom is -0.325 e. The molecule has 1 heterocycles. The van der Waals surface area contributed by atoms with Crippen molar-refractivity contribution in [2.24, 2.45) is 0 Å². The summed E-state index contributed by atoms with van der Waals surface area (Å²) in [6, 6.07) is 15.0. The van der Waals surface area contributed by atoms with E-state index in [1.54, 1.807) is 4.68 Å². The maximum Gasteiger partial charge on any atom is 0.234 e. The van der Waals surface area contributed by atoms with Crippen molar-refractivity contribution in [3.8, 4) is 5.69 Å². The molecule has 8 heteroatoms. The first-order valence-electron chi connectivity index (χ1n) is 6.74. The monoisotopic (exact) mass is 329 g/mol. The third kappa shape index (κ3) is 3.92. The minimum atomic E-state index is -0.348. The highest BCUT2D eigenvalue weighted by atomic mass is 32.2. The molecule has 0 fully saturated rings. The van der Waals surface area contributed by atoms with Crippen molar-refractivity contribution in [3.63, 3.8) is 0 Å². The quantitative estimate of drug-likeness (QED) is 0.728. The molecule has 3 aromatic rings. The summed E-state index contributed by atoms with van der Waals surface area (Å²) in [5, 5.41) is 14.7. The second-order valence-electron chi connectivity index (χ2n) is 4.55. The molecule has 0 saturated heterocycles. The fourth-order valence-corrected chi connectivity index (χ4v) is 2.55. The van der Waals surface area contributed by atoms with E-state index < -0.39 is 0 Å². The lowest BCUT2D eigenvalue weighted by atomic mass is 10.3. The average molecular weight is 329 g/mol. The van der Waals surface area contributed by atoms with Gasteiger partial charge in [0.25, 0.3) is 0 Å². The molecule has 6 nitrogen and oxygen atoms in total. The molecule has 0 spiro atoms. The number of rotatable bonds is 5. The molecule has 1 aromatic heterocycles. The molecule has 0 aliphatic rings. The van der Waals surface area contributed by atoms with Gasteiger partial charge in [-0.15, -0.1) is 5.10 Å². The van der Waals surface area contributed by atoms with Crippen LogP contribution in [0.15, 0.2) is 59.8 Å². The lowest BCUT2D eigenvalue weighted by Gasteiger charge is -2.05. The zero-order chi connectivity index (χ0) is 16.1. The van der Waals surface area contributed by atoms with Crippen molar-refractivity contribution in [2.45, 2.75) is 5.16 Å². The normalized spacial score (nSPS) is 10.5. The van der Waals surface area contributed by atoms with Gasteiger partial charge < -0.3 is 5.32 Å². The number of nitrogens with one attached hydrogen (secondary N) is 1. The molecule has 1 N–H and O–H groups in total. The van der Waals surface area contributed by atoms with Crippen molar-refractivity contribution in [1.82, 2.24) is 20.2 Å². The SMILES string of the molecule is O=C(CSc1nnnn1-c1ccccc1)Nc1ccc(F)cc1. The van der Waals surface area contributed by atoms with E-state index in [9.17, 15) is 9.18 Å². The first-order chi connectivity index (χ1) is 11.2. The third-order valence-electron chi connectivity index (χ3n) is 2.90. The highest BCUT2D eigenvalue weighted by Crippen LogP contribution is 2.18. The Morgan fingerprint density at radius 1 is 1.13 bits per heavy atom. The number of aromatic nitrogens is 4. The lowest BCUT2D eigenvalue weighted by molar-refractivity contribution is -0.113. The Morgan fingerprint density at radius 2 is 1.87 bits per heavy atom. The van der Waals surface area contributed by atoms with Crippen LogP contribution < -0.4 is 5.32 Å². The van der Waals surface area contributed by atoms with Crippen LogP contribution in [-0.4, -0.2) is 31.9 Å². The number of para-hydroxylation sites is 1. The van der Waals surface area contributed by atoms with Crippen molar-refractivity contribution in [1.29, 1.82) is 0 Å². The van der Waals surface area contributed by atoms with Crippen LogP contribution in [0, 0.1) is 5.82 Å². The van der Waals surface area contributed by atoms with Crippen LogP contribution in [0.25, 0.3) is 5.69 Å². The summed E-state index contributed by atoms with van der Waals surface area (Å²) < 4.78 is 14.4. The zero-order valence-electron chi connectivity index (χ0n) is 11.9. The number of amides is 1. The summed E-state index contributed by atoms with van der Waals surface area (Å²) in [6.07, 6.45) is 0. The van der Waals surface area contributed by atoms with Crippen LogP contribution in [0.3, 0.4) is 0 Å². The van der Waals surface area contributed by atoms with Gasteiger partial charge in [-0.25, -0.2) is 4.39 Å². The number of nitrogens with zero attached hydrogens (tertiary/aromatic N) is 4. The molecule has 0 atom stereocenters. The Labute approximate surface area is 135 Å². The van der Waals surface area contributed by atoms with E-state index in [1.807, 2.05) is 30.3 Å². The largest absolute Gasteiger partial charge is 0.325 e. The van der Waals surface area contributed by atoms with Gasteiger partial charge in [0.2, 0.25) is 11.1 Å². The van der Waals surface area contributed by atoms with E-state index in [0.29, 0.717) is 10.8 Å². The number of tetrazole rings is 1. The second-order valence-corrected chi connectivity index (χ2v) is 5.50. The molecule has 0 saturated carbocycles. The van der Waals surface area contributed by atoms with Crippen molar-refractivity contribution >= 4 is 23.4 Å². The van der Waals surface area contributed by atoms with E-state index in [0.717, 1.165) is 5.69 Å². The van der Waals surface area contributed by atoms with Crippen LogP contribution in [-0.2, 0) is 4.79 Å². The van der Waals surface area contributed by atoms with Crippen LogP contribution in [0.2, 0.25) is 0 Å². The van der Waals surface area contributed by atoms with E-state index in [2.05, 4.69) is 20.8 Å². The van der Waals surface area contributed by atoms with Crippen LogP contribution in [0.1, 0.15) is 0 Å². The Kier molecular flexibility index (Phi) is 4.62. The smallest absolute Gasteiger partial charge is 0.234 e. The van der Waals surface area contributed by atoms with Crippen molar-refractivity contribution in [3.05, 3.63) is 60.4 Å². The van der Waals surface area contributed by atoms with Gasteiger partial charge in [-0.2, -0.15) is 4.68 Å². The number of thioether (sulfide) groups is 1. The predicted octanol–water partition coefficient (Wildman–Crippen LogP) is 2.53. The van der Waals surface area contributed by atoms with Gasteiger partial charge >= 0.3 is 0 Å². The van der Waals surface area contributed by atoms with Gasteiger partial charge in [0.1, 0.15) is 5.82 Å². The lowest BCUT2D eigenvalue weighted by Crippen LogP contribution is -2.14. The Hall–Kier alpha value is -2.74. The number of halogens is 1. The molecule has 0 aliphatic carbocycles. The molecule has 0 unspecified atom stereocenters. The minimum absolute atomic E-state index is 0.143. The summed E-state index contributed by atoms with van der Waals surface area (Å²) in [7, 11) is 0. The maximum atomic E-state index is 12.8. The molecule has 1 amide bonds. The van der Waals surface area contributed by atoms with E-state index >= 15 is 0 Å². The number of hydrogen-bond donors (Lipinski definition) is 1. The van der Waals surface area contributed by atoms with E-state index in [-0.39, 0.29) is 17.5 Å². The predicted molar refractivity (Wildman–Crippen MR) is 84.9 cm³/mol. The van der Waals surface area contributed by atoms with Gasteiger partial charge in [0.15, 0.2) is 0 Å². The fourth-order valence-electron chi connectivity index (χ4n) is 1.86. The number of carbonyl (C=O) groups excluding carboxylic acids is 1. The standard InChI is InChI=1S/C15H12FN5OS/c16-11-6-8-12(9-7-11)17-14(22)10-23-15-18-19-20-21(15)13-4-2-1-3-5-13/h1-9H,10H2,(H,17,22). The van der Waals surface area contributed by atoms with Gasteiger partial charge in [-0.3, -0.25) is 4.79 Å². The summed E-state index contributed by atoms with van der Waals surface area (Å²) in [5.74, 6) is -0.423. The Morgan fingerprint density at radius 3 is 2.61 bits per heavy atom. The molecule has 116 valence electrons. The zero-order valence-corrected chi connectivity index (χ0v) is 12.7. The first kappa shape index (κ1) is 15.2. The molecule has 0 bridgehead atoms. The molecule has 2 aromatic carbocycles. The summed E-state index contributed by atoms with van der Waals surface area (Å²) >= 11 is 1.22. The van der Waals surface area contributed by atoms with Gasteiger partial charge in [-0.05, 0) is 46.8 Å². The van der Waals surface area contributed by atoms with Gasteiger partial charge in [0, 0.05) is 5.69 Å². The highest BCUT2D eigenvalue weighted by molar-refractivity contribution is 7.99. The number of carbonyl (C=O) groups is 1. The first-order valence-corrected chi connectivity index (χ1v) is 7.73. The average Bonchev–Trinajstić information content (AvgIpc) is 3.04. The fraction of sp³-hybridized carbons (Fsp3) is 0.0667. The summed E-state index contributed by atoms with van der Waals surface area (Å²) in [6.45, 7) is 0. The summed E-state index contributed by atoms with van der Waals surface area (Å²) in [5.41, 5.74) is 1.36. The molecule has 0 aliphatic heterocycles. The van der Waals surface area contributed by atoms with Crippen molar-refractivity contribution < 1.29 is 9.18 Å². The van der Waals surface area contributed by atoms with E-state index in [1.165, 1.54) is 36.0 Å². The topological polar surface area (TPSA) is 72.7 Å². The molecular formula is C15H12FN5OS. The summed E-state index contributed by atoms with van der Waals surface area (Å²) in [4.78, 5) is 11.9. The number of hydrogen-bond acceptors (Lipinski definition) is 5. The number of benzene rings is 2. The van der Waals surface area contributed by atoms with Gasteiger partial charge in [-0.1, -0.05) is 30.0 Å². The van der Waals surface area contributed by atoms with Gasteiger partial charge in [0.05, 0.1) is 11.4 Å². The second kappa shape index (κ2) is 7.01. The Bertz CT molecular complexity index is 791. The molecule has 23 heavy (non-hydrogen) atoms. The molecular weight excluding hydrogens is 317 g/mol. The maximum absolute atomic E-state index is 12.8. The van der Waals surface area contributed by atoms with Crippen LogP contribution >= 0.6 is 11.8 Å². The van der Waals surface area contributed by atoms with Crippen molar-refractivity contribution in [2.75, 3.05) is 11.1 Å². The number of anilines is 1. The molecule has 3 rings (SSSR count). The molecule has 0 radical (unpaired) electrons. The van der Waals surface area contributed by atoms with Crippen LogP contribution in [0.5, 0.6) is 0 Å². The third-order valence-corrected chi connectivity index (χ3v) is 3.82. The van der Waals surface area contributed by atoms with E-state index in [4.69, 9.17) is 0 Å². The highest BCUT2D eigenvalue weighted by Gasteiger charge is 2.11. The van der Waals surface area contributed by atoms with Crippen LogP contribution in [0.4, 0.5) is 10.1 Å². The Balaban J connectivity index is 1.62.